The first kappa shape index (κ1) is 9.45. The molecule has 2 heteroatoms. The molecular formula is C8H15NO. The Balaban J connectivity index is 3.52. The lowest BCUT2D eigenvalue weighted by Gasteiger charge is -2.13. The standard InChI is InChI=1S/C8H15NO/c1-7(2)6-8(10-3)4-5-9/h7-8H,4,6H2,1-3H3. The number of rotatable bonds is 4. The largest absolute Gasteiger partial charge is 0.380 e. The highest BCUT2D eigenvalue weighted by molar-refractivity contribution is 4.76. The van der Waals surface area contributed by atoms with Crippen molar-refractivity contribution in [2.45, 2.75) is 32.8 Å². The summed E-state index contributed by atoms with van der Waals surface area (Å²) in [7, 11) is 1.66. The third-order valence-electron chi connectivity index (χ3n) is 1.39. The zero-order valence-corrected chi connectivity index (χ0v) is 6.92. The highest BCUT2D eigenvalue weighted by atomic mass is 16.5. The van der Waals surface area contributed by atoms with E-state index in [4.69, 9.17) is 10.00 Å². The minimum Gasteiger partial charge on any atom is -0.380 e. The second kappa shape index (κ2) is 5.25. The monoisotopic (exact) mass is 141 g/mol. The van der Waals surface area contributed by atoms with E-state index in [0.717, 1.165) is 6.42 Å². The van der Waals surface area contributed by atoms with Gasteiger partial charge in [0.15, 0.2) is 0 Å². The number of nitrogens with zero attached hydrogens (tertiary/aromatic N) is 1. The maximum absolute atomic E-state index is 8.35. The van der Waals surface area contributed by atoms with E-state index in [1.54, 1.807) is 7.11 Å². The molecule has 0 heterocycles. The number of methoxy groups -OCH3 is 1. The molecule has 0 radical (unpaired) electrons. The summed E-state index contributed by atoms with van der Waals surface area (Å²) in [5.74, 6) is 0.610. The van der Waals surface area contributed by atoms with E-state index in [0.29, 0.717) is 12.3 Å². The van der Waals surface area contributed by atoms with E-state index in [-0.39, 0.29) is 6.10 Å². The van der Waals surface area contributed by atoms with Crippen LogP contribution in [0, 0.1) is 17.2 Å². The van der Waals surface area contributed by atoms with Crippen LogP contribution in [0.3, 0.4) is 0 Å². The second-order valence-electron chi connectivity index (χ2n) is 2.85. The zero-order chi connectivity index (χ0) is 7.98. The van der Waals surface area contributed by atoms with Crippen molar-refractivity contribution in [3.05, 3.63) is 0 Å². The molecule has 0 saturated carbocycles. The summed E-state index contributed by atoms with van der Waals surface area (Å²) in [6.45, 7) is 4.26. The summed E-state index contributed by atoms with van der Waals surface area (Å²) in [5, 5.41) is 8.35. The number of hydrogen-bond donors (Lipinski definition) is 0. The molecule has 0 bridgehead atoms. The van der Waals surface area contributed by atoms with Crippen molar-refractivity contribution in [2.75, 3.05) is 7.11 Å². The Bertz CT molecular complexity index is 115. The highest BCUT2D eigenvalue weighted by Crippen LogP contribution is 2.09. The third kappa shape index (κ3) is 4.34. The predicted octanol–water partition coefficient (Wildman–Crippen LogP) is 1.96. The van der Waals surface area contributed by atoms with Crippen LogP contribution in [-0.4, -0.2) is 13.2 Å². The molecule has 2 nitrogen and oxygen atoms in total. The van der Waals surface area contributed by atoms with Crippen molar-refractivity contribution in [1.82, 2.24) is 0 Å². The molecule has 0 aromatic carbocycles. The summed E-state index contributed by atoms with van der Waals surface area (Å²) < 4.78 is 5.08. The van der Waals surface area contributed by atoms with Gasteiger partial charge in [0.2, 0.25) is 0 Å². The lowest BCUT2D eigenvalue weighted by atomic mass is 10.0. The molecule has 0 rings (SSSR count). The maximum atomic E-state index is 8.35. The Kier molecular flexibility index (Phi) is 4.96. The van der Waals surface area contributed by atoms with Crippen LogP contribution in [0.2, 0.25) is 0 Å². The lowest BCUT2D eigenvalue weighted by molar-refractivity contribution is 0.0883. The molecule has 0 N–H and O–H groups in total. The molecule has 0 aliphatic heterocycles. The van der Waals surface area contributed by atoms with Crippen LogP contribution in [0.25, 0.3) is 0 Å². The molecule has 0 aromatic rings. The van der Waals surface area contributed by atoms with Gasteiger partial charge in [0, 0.05) is 7.11 Å². The Labute approximate surface area is 62.8 Å². The average molecular weight is 141 g/mol. The van der Waals surface area contributed by atoms with Crippen LogP contribution in [0.1, 0.15) is 26.7 Å². The fourth-order valence-electron chi connectivity index (χ4n) is 0.890. The average Bonchev–Trinajstić information content (AvgIpc) is 1.86. The molecule has 0 fully saturated rings. The Hall–Kier alpha value is -0.550. The van der Waals surface area contributed by atoms with Gasteiger partial charge in [-0.05, 0) is 12.3 Å². The molecule has 1 unspecified atom stereocenters. The van der Waals surface area contributed by atoms with Gasteiger partial charge in [-0.25, -0.2) is 0 Å². The first-order valence-electron chi connectivity index (χ1n) is 3.60. The van der Waals surface area contributed by atoms with Crippen LogP contribution in [0.4, 0.5) is 0 Å². The van der Waals surface area contributed by atoms with Crippen molar-refractivity contribution in [2.24, 2.45) is 5.92 Å². The molecular weight excluding hydrogens is 126 g/mol. The van der Waals surface area contributed by atoms with Gasteiger partial charge < -0.3 is 4.74 Å². The van der Waals surface area contributed by atoms with Gasteiger partial charge in [0.25, 0.3) is 0 Å². The number of nitriles is 1. The quantitative estimate of drug-likeness (QED) is 0.599. The van der Waals surface area contributed by atoms with Gasteiger partial charge in [0.1, 0.15) is 0 Å². The lowest BCUT2D eigenvalue weighted by Crippen LogP contribution is -2.12. The molecule has 0 aliphatic rings. The van der Waals surface area contributed by atoms with Crippen molar-refractivity contribution in [3.8, 4) is 6.07 Å². The van der Waals surface area contributed by atoms with Crippen LogP contribution >= 0.6 is 0 Å². The van der Waals surface area contributed by atoms with Gasteiger partial charge in [-0.1, -0.05) is 13.8 Å². The van der Waals surface area contributed by atoms with Crippen LogP contribution < -0.4 is 0 Å². The van der Waals surface area contributed by atoms with Crippen LogP contribution in [0.15, 0.2) is 0 Å². The third-order valence-corrected chi connectivity index (χ3v) is 1.39. The molecule has 0 saturated heterocycles. The van der Waals surface area contributed by atoms with E-state index in [1.165, 1.54) is 0 Å². The predicted molar refractivity (Wildman–Crippen MR) is 40.5 cm³/mol. The van der Waals surface area contributed by atoms with Crippen LogP contribution in [0.5, 0.6) is 0 Å². The number of hydrogen-bond acceptors (Lipinski definition) is 2. The van der Waals surface area contributed by atoms with E-state index in [1.807, 2.05) is 0 Å². The molecule has 10 heavy (non-hydrogen) atoms. The molecule has 1 atom stereocenters. The Morgan fingerprint density at radius 1 is 1.50 bits per heavy atom. The fourth-order valence-corrected chi connectivity index (χ4v) is 0.890. The van der Waals surface area contributed by atoms with Crippen molar-refractivity contribution < 1.29 is 4.74 Å². The SMILES string of the molecule is COC(CC#N)CC(C)C. The molecule has 58 valence electrons. The summed E-state index contributed by atoms with van der Waals surface area (Å²) in [6, 6.07) is 2.10. The topological polar surface area (TPSA) is 33.0 Å². The van der Waals surface area contributed by atoms with E-state index in [9.17, 15) is 0 Å². The van der Waals surface area contributed by atoms with Gasteiger partial charge in [-0.15, -0.1) is 0 Å². The molecule has 0 aliphatic carbocycles. The van der Waals surface area contributed by atoms with Gasteiger partial charge in [0.05, 0.1) is 18.6 Å². The van der Waals surface area contributed by atoms with Crippen molar-refractivity contribution in [1.29, 1.82) is 5.26 Å². The molecule has 0 spiro atoms. The normalized spacial score (nSPS) is 13.1. The van der Waals surface area contributed by atoms with E-state index < -0.39 is 0 Å². The molecule has 0 amide bonds. The Morgan fingerprint density at radius 2 is 2.10 bits per heavy atom. The van der Waals surface area contributed by atoms with Gasteiger partial charge in [-0.2, -0.15) is 5.26 Å². The first-order chi connectivity index (χ1) is 4.70. The highest BCUT2D eigenvalue weighted by Gasteiger charge is 2.07. The van der Waals surface area contributed by atoms with Crippen molar-refractivity contribution >= 4 is 0 Å². The first-order valence-corrected chi connectivity index (χ1v) is 3.60. The van der Waals surface area contributed by atoms with Crippen molar-refractivity contribution in [3.63, 3.8) is 0 Å². The fraction of sp³-hybridized carbons (Fsp3) is 0.875. The summed E-state index contributed by atoms with van der Waals surface area (Å²) >= 11 is 0. The summed E-state index contributed by atoms with van der Waals surface area (Å²) in [6.07, 6.45) is 1.61. The minimum atomic E-state index is 0.130. The molecule has 0 aromatic heterocycles. The second-order valence-corrected chi connectivity index (χ2v) is 2.85. The maximum Gasteiger partial charge on any atom is 0.0703 e. The summed E-state index contributed by atoms with van der Waals surface area (Å²) in [4.78, 5) is 0. The van der Waals surface area contributed by atoms with Gasteiger partial charge >= 0.3 is 0 Å². The van der Waals surface area contributed by atoms with E-state index in [2.05, 4.69) is 19.9 Å². The Morgan fingerprint density at radius 3 is 2.40 bits per heavy atom. The number of ether oxygens (including phenoxy) is 1. The van der Waals surface area contributed by atoms with Crippen LogP contribution in [-0.2, 0) is 4.74 Å². The van der Waals surface area contributed by atoms with Gasteiger partial charge in [-0.3, -0.25) is 0 Å². The van der Waals surface area contributed by atoms with E-state index >= 15 is 0 Å². The smallest absolute Gasteiger partial charge is 0.0703 e. The zero-order valence-electron chi connectivity index (χ0n) is 6.92. The minimum absolute atomic E-state index is 0.130. The summed E-state index contributed by atoms with van der Waals surface area (Å²) in [5.41, 5.74) is 0.